The Bertz CT molecular complexity index is 538. The van der Waals surface area contributed by atoms with Gasteiger partial charge in [0, 0.05) is 32.6 Å². The van der Waals surface area contributed by atoms with Gasteiger partial charge in [0.05, 0.1) is 5.69 Å². The molecule has 1 aliphatic rings. The van der Waals surface area contributed by atoms with Crippen molar-refractivity contribution < 1.29 is 4.39 Å². The fourth-order valence-corrected chi connectivity index (χ4v) is 2.87. The van der Waals surface area contributed by atoms with Gasteiger partial charge in [-0.2, -0.15) is 11.3 Å². The molecule has 6 heteroatoms. The summed E-state index contributed by atoms with van der Waals surface area (Å²) in [6.45, 7) is 3.30. The van der Waals surface area contributed by atoms with Gasteiger partial charge in [-0.15, -0.1) is 0 Å². The van der Waals surface area contributed by atoms with E-state index < -0.39 is 0 Å². The molecular weight excluding hydrogens is 263 g/mol. The molecule has 1 fully saturated rings. The molecule has 3 heterocycles. The maximum atomic E-state index is 14.5. The molecule has 0 spiro atoms. The van der Waals surface area contributed by atoms with Crippen LogP contribution < -0.4 is 10.2 Å². The van der Waals surface area contributed by atoms with E-state index in [2.05, 4.69) is 15.3 Å². The van der Waals surface area contributed by atoms with Crippen LogP contribution in [0.15, 0.2) is 23.2 Å². The lowest BCUT2D eigenvalue weighted by Crippen LogP contribution is -2.44. The molecular formula is C13H15FN4S. The number of nitrogens with zero attached hydrogens (tertiary/aromatic N) is 3. The molecule has 0 bridgehead atoms. The van der Waals surface area contributed by atoms with Crippen LogP contribution in [0.3, 0.4) is 0 Å². The summed E-state index contributed by atoms with van der Waals surface area (Å²) in [5, 5.41) is 7.26. The molecule has 1 N–H and O–H groups in total. The predicted octanol–water partition coefficient (Wildman–Crippen LogP) is 1.68. The van der Waals surface area contributed by atoms with Crippen LogP contribution >= 0.6 is 11.3 Å². The van der Waals surface area contributed by atoms with Gasteiger partial charge in [-0.05, 0) is 22.4 Å². The van der Waals surface area contributed by atoms with E-state index in [1.165, 1.54) is 6.33 Å². The highest BCUT2D eigenvalue weighted by Gasteiger charge is 2.19. The normalized spacial score (nSPS) is 15.7. The first-order chi connectivity index (χ1) is 9.34. The van der Waals surface area contributed by atoms with Crippen molar-refractivity contribution >= 4 is 17.2 Å². The third kappa shape index (κ3) is 2.74. The molecule has 2 aromatic rings. The number of nitrogens with one attached hydrogen (secondary N) is 1. The minimum atomic E-state index is -0.282. The number of hydrogen-bond donors (Lipinski definition) is 1. The Morgan fingerprint density at radius 3 is 2.89 bits per heavy atom. The molecule has 1 saturated heterocycles. The standard InChI is InChI=1S/C13H15FN4S/c14-12-11(7-10-1-6-19-8-10)16-9-17-13(12)18-4-2-15-3-5-18/h1,6,8-9,15H,2-5,7H2. The van der Waals surface area contributed by atoms with Crippen LogP contribution in [0.1, 0.15) is 11.3 Å². The van der Waals surface area contributed by atoms with Gasteiger partial charge < -0.3 is 10.2 Å². The number of piperazine rings is 1. The van der Waals surface area contributed by atoms with Crippen LogP contribution in [0.4, 0.5) is 10.2 Å². The fourth-order valence-electron chi connectivity index (χ4n) is 2.20. The number of halogens is 1. The summed E-state index contributed by atoms with van der Waals surface area (Å²) in [4.78, 5) is 10.2. The van der Waals surface area contributed by atoms with Crippen molar-refractivity contribution in [3.8, 4) is 0 Å². The molecule has 0 atom stereocenters. The lowest BCUT2D eigenvalue weighted by Gasteiger charge is -2.28. The number of anilines is 1. The molecule has 0 saturated carbocycles. The zero-order chi connectivity index (χ0) is 13.1. The van der Waals surface area contributed by atoms with Crippen molar-refractivity contribution in [2.45, 2.75) is 6.42 Å². The molecule has 0 unspecified atom stereocenters. The van der Waals surface area contributed by atoms with E-state index in [9.17, 15) is 4.39 Å². The Kier molecular flexibility index (Phi) is 3.70. The van der Waals surface area contributed by atoms with Gasteiger partial charge in [-0.1, -0.05) is 0 Å². The Morgan fingerprint density at radius 1 is 1.32 bits per heavy atom. The summed E-state index contributed by atoms with van der Waals surface area (Å²) in [7, 11) is 0. The second-order valence-electron chi connectivity index (χ2n) is 4.50. The van der Waals surface area contributed by atoms with E-state index in [0.29, 0.717) is 17.9 Å². The first-order valence-electron chi connectivity index (χ1n) is 6.30. The van der Waals surface area contributed by atoms with E-state index in [1.54, 1.807) is 11.3 Å². The fraction of sp³-hybridized carbons (Fsp3) is 0.385. The molecule has 1 aliphatic heterocycles. The quantitative estimate of drug-likeness (QED) is 0.927. The van der Waals surface area contributed by atoms with E-state index in [-0.39, 0.29) is 5.82 Å². The van der Waals surface area contributed by atoms with Crippen molar-refractivity contribution in [3.63, 3.8) is 0 Å². The monoisotopic (exact) mass is 278 g/mol. The summed E-state index contributed by atoms with van der Waals surface area (Å²) in [6.07, 6.45) is 1.99. The van der Waals surface area contributed by atoms with Crippen molar-refractivity contribution in [2.24, 2.45) is 0 Å². The van der Waals surface area contributed by atoms with Crippen LogP contribution in [-0.2, 0) is 6.42 Å². The summed E-state index contributed by atoms with van der Waals surface area (Å²) in [5.74, 6) is 0.150. The summed E-state index contributed by atoms with van der Waals surface area (Å²) in [6, 6.07) is 2.00. The highest BCUT2D eigenvalue weighted by Crippen LogP contribution is 2.21. The minimum absolute atomic E-state index is 0.282. The third-order valence-electron chi connectivity index (χ3n) is 3.21. The Morgan fingerprint density at radius 2 is 2.16 bits per heavy atom. The van der Waals surface area contributed by atoms with Crippen LogP contribution in [0.25, 0.3) is 0 Å². The summed E-state index contributed by atoms with van der Waals surface area (Å²) >= 11 is 1.61. The number of hydrogen-bond acceptors (Lipinski definition) is 5. The first-order valence-corrected chi connectivity index (χ1v) is 7.25. The van der Waals surface area contributed by atoms with Crippen molar-refractivity contribution in [3.05, 3.63) is 40.2 Å². The van der Waals surface area contributed by atoms with Gasteiger partial charge in [0.1, 0.15) is 6.33 Å². The lowest BCUT2D eigenvalue weighted by molar-refractivity contribution is 0.548. The number of rotatable bonds is 3. The van der Waals surface area contributed by atoms with Gasteiger partial charge in [0.15, 0.2) is 11.6 Å². The average Bonchev–Trinajstić information content (AvgIpc) is 2.95. The maximum absolute atomic E-state index is 14.5. The molecule has 100 valence electrons. The second kappa shape index (κ2) is 5.63. The molecule has 2 aromatic heterocycles. The summed E-state index contributed by atoms with van der Waals surface area (Å²) < 4.78 is 14.5. The van der Waals surface area contributed by atoms with Crippen LogP contribution in [-0.4, -0.2) is 36.1 Å². The zero-order valence-corrected chi connectivity index (χ0v) is 11.3. The van der Waals surface area contributed by atoms with Crippen molar-refractivity contribution in [1.29, 1.82) is 0 Å². The van der Waals surface area contributed by atoms with Crippen LogP contribution in [0.5, 0.6) is 0 Å². The predicted molar refractivity (Wildman–Crippen MR) is 74.2 cm³/mol. The third-order valence-corrected chi connectivity index (χ3v) is 3.94. The smallest absolute Gasteiger partial charge is 0.187 e. The molecule has 0 aromatic carbocycles. The van der Waals surface area contributed by atoms with Crippen LogP contribution in [0, 0.1) is 5.82 Å². The molecule has 0 radical (unpaired) electrons. The SMILES string of the molecule is Fc1c(Cc2ccsc2)ncnc1N1CCNCC1. The molecule has 0 amide bonds. The number of aromatic nitrogens is 2. The zero-order valence-electron chi connectivity index (χ0n) is 10.5. The van der Waals surface area contributed by atoms with E-state index >= 15 is 0 Å². The first kappa shape index (κ1) is 12.5. The van der Waals surface area contributed by atoms with E-state index in [0.717, 1.165) is 31.7 Å². The van der Waals surface area contributed by atoms with E-state index in [4.69, 9.17) is 0 Å². The molecule has 3 rings (SSSR count). The summed E-state index contributed by atoms with van der Waals surface area (Å²) in [5.41, 5.74) is 1.57. The maximum Gasteiger partial charge on any atom is 0.187 e. The van der Waals surface area contributed by atoms with Crippen molar-refractivity contribution in [2.75, 3.05) is 31.1 Å². The number of thiophene rings is 1. The average molecular weight is 278 g/mol. The largest absolute Gasteiger partial charge is 0.352 e. The molecule has 4 nitrogen and oxygen atoms in total. The Hall–Kier alpha value is -1.53. The minimum Gasteiger partial charge on any atom is -0.352 e. The van der Waals surface area contributed by atoms with Gasteiger partial charge in [-0.3, -0.25) is 0 Å². The van der Waals surface area contributed by atoms with Gasteiger partial charge in [0.25, 0.3) is 0 Å². The van der Waals surface area contributed by atoms with E-state index in [1.807, 2.05) is 21.7 Å². The van der Waals surface area contributed by atoms with Gasteiger partial charge >= 0.3 is 0 Å². The highest BCUT2D eigenvalue weighted by atomic mass is 32.1. The topological polar surface area (TPSA) is 41.1 Å². The second-order valence-corrected chi connectivity index (χ2v) is 5.28. The Labute approximate surface area is 115 Å². The van der Waals surface area contributed by atoms with Gasteiger partial charge in [0.2, 0.25) is 0 Å². The van der Waals surface area contributed by atoms with Gasteiger partial charge in [-0.25, -0.2) is 14.4 Å². The highest BCUT2D eigenvalue weighted by molar-refractivity contribution is 7.07. The molecule has 0 aliphatic carbocycles. The lowest BCUT2D eigenvalue weighted by atomic mass is 10.2. The molecule has 19 heavy (non-hydrogen) atoms. The van der Waals surface area contributed by atoms with Crippen molar-refractivity contribution in [1.82, 2.24) is 15.3 Å². The Balaban J connectivity index is 1.85. The van der Waals surface area contributed by atoms with Crippen LogP contribution in [0.2, 0.25) is 0 Å².